The number of benzene rings is 1. The van der Waals surface area contributed by atoms with Gasteiger partial charge in [-0.15, -0.1) is 0 Å². The number of carbonyl (C=O) groups is 1. The molecule has 1 aromatic rings. The third-order valence-electron chi connectivity index (χ3n) is 3.05. The quantitative estimate of drug-likeness (QED) is 0.602. The van der Waals surface area contributed by atoms with Crippen LogP contribution in [0.3, 0.4) is 0 Å². The van der Waals surface area contributed by atoms with E-state index in [9.17, 15) is 14.9 Å². The van der Waals surface area contributed by atoms with E-state index in [1.807, 2.05) is 6.07 Å². The van der Waals surface area contributed by atoms with E-state index in [4.69, 9.17) is 5.26 Å². The number of amides is 1. The SMILES string of the molecule is N#Cc1ccc(NCC(=O)NCC2CC2)c([N+](=O)[O-])c1. The van der Waals surface area contributed by atoms with E-state index >= 15 is 0 Å². The predicted octanol–water partition coefficient (Wildman–Crippen LogP) is 1.40. The highest BCUT2D eigenvalue weighted by molar-refractivity contribution is 5.81. The number of carbonyl (C=O) groups excluding carboxylic acids is 1. The summed E-state index contributed by atoms with van der Waals surface area (Å²) in [6.45, 7) is 0.634. The normalized spacial score (nSPS) is 13.3. The fourth-order valence-electron chi connectivity index (χ4n) is 1.72. The van der Waals surface area contributed by atoms with Gasteiger partial charge in [0.15, 0.2) is 0 Å². The molecule has 1 fully saturated rings. The average molecular weight is 274 g/mol. The van der Waals surface area contributed by atoms with Crippen LogP contribution in [-0.2, 0) is 4.79 Å². The van der Waals surface area contributed by atoms with Gasteiger partial charge >= 0.3 is 0 Å². The summed E-state index contributed by atoms with van der Waals surface area (Å²) >= 11 is 0. The molecule has 0 atom stereocenters. The molecule has 0 bridgehead atoms. The summed E-state index contributed by atoms with van der Waals surface area (Å²) in [6.07, 6.45) is 2.30. The summed E-state index contributed by atoms with van der Waals surface area (Å²) in [5.74, 6) is 0.388. The number of nitro benzene ring substituents is 1. The Kier molecular flexibility index (Phi) is 4.15. The van der Waals surface area contributed by atoms with Crippen LogP contribution in [0.25, 0.3) is 0 Å². The molecule has 0 radical (unpaired) electrons. The number of nitro groups is 1. The lowest BCUT2D eigenvalue weighted by molar-refractivity contribution is -0.384. The standard InChI is InChI=1S/C13H14N4O3/c14-6-10-3-4-11(12(5-10)17(19)20)15-8-13(18)16-7-9-1-2-9/h3-5,9,15H,1-2,7-8H2,(H,16,18). The summed E-state index contributed by atoms with van der Waals surface area (Å²) in [4.78, 5) is 21.9. The molecule has 0 spiro atoms. The zero-order valence-electron chi connectivity index (χ0n) is 10.8. The van der Waals surface area contributed by atoms with Crippen molar-refractivity contribution in [3.63, 3.8) is 0 Å². The zero-order valence-corrected chi connectivity index (χ0v) is 10.8. The highest BCUT2D eigenvalue weighted by Gasteiger charge is 2.21. The van der Waals surface area contributed by atoms with Crippen molar-refractivity contribution in [3.05, 3.63) is 33.9 Å². The van der Waals surface area contributed by atoms with Crippen LogP contribution in [0.2, 0.25) is 0 Å². The molecule has 0 saturated heterocycles. The topological polar surface area (TPSA) is 108 Å². The van der Waals surface area contributed by atoms with Crippen molar-refractivity contribution in [2.45, 2.75) is 12.8 Å². The fourth-order valence-corrected chi connectivity index (χ4v) is 1.72. The van der Waals surface area contributed by atoms with Gasteiger partial charge < -0.3 is 10.6 Å². The van der Waals surface area contributed by atoms with Gasteiger partial charge in [-0.25, -0.2) is 0 Å². The van der Waals surface area contributed by atoms with Gasteiger partial charge in [-0.1, -0.05) is 0 Å². The third kappa shape index (κ3) is 3.68. The molecule has 1 aliphatic rings. The highest BCUT2D eigenvalue weighted by atomic mass is 16.6. The number of hydrogen-bond donors (Lipinski definition) is 2. The Bertz CT molecular complexity index is 575. The van der Waals surface area contributed by atoms with E-state index in [-0.39, 0.29) is 29.4 Å². The number of nitrogens with one attached hydrogen (secondary N) is 2. The van der Waals surface area contributed by atoms with Gasteiger partial charge in [0.1, 0.15) is 5.69 Å². The first-order valence-corrected chi connectivity index (χ1v) is 6.29. The van der Waals surface area contributed by atoms with Gasteiger partial charge in [0.2, 0.25) is 5.91 Å². The minimum atomic E-state index is -0.578. The van der Waals surface area contributed by atoms with Gasteiger partial charge in [0, 0.05) is 12.6 Å². The van der Waals surface area contributed by atoms with Gasteiger partial charge in [-0.3, -0.25) is 14.9 Å². The molecule has 0 aliphatic heterocycles. The van der Waals surface area contributed by atoms with Crippen molar-refractivity contribution >= 4 is 17.3 Å². The van der Waals surface area contributed by atoms with Crippen LogP contribution >= 0.6 is 0 Å². The van der Waals surface area contributed by atoms with Crippen molar-refractivity contribution in [2.24, 2.45) is 5.92 Å². The Morgan fingerprint density at radius 2 is 2.25 bits per heavy atom. The fraction of sp³-hybridized carbons (Fsp3) is 0.385. The Labute approximate surface area is 115 Å². The maximum Gasteiger partial charge on any atom is 0.293 e. The molecular formula is C13H14N4O3. The summed E-state index contributed by atoms with van der Waals surface area (Å²) in [7, 11) is 0. The summed E-state index contributed by atoms with van der Waals surface area (Å²) in [6, 6.07) is 5.93. The average Bonchev–Trinajstić information content (AvgIpc) is 3.26. The first kappa shape index (κ1) is 13.8. The van der Waals surface area contributed by atoms with E-state index in [0.717, 1.165) is 12.8 Å². The van der Waals surface area contributed by atoms with Crippen molar-refractivity contribution in [2.75, 3.05) is 18.4 Å². The van der Waals surface area contributed by atoms with Gasteiger partial charge in [0.05, 0.1) is 23.1 Å². The van der Waals surface area contributed by atoms with Crippen molar-refractivity contribution < 1.29 is 9.72 Å². The second-order valence-corrected chi connectivity index (χ2v) is 4.70. The molecule has 2 N–H and O–H groups in total. The van der Waals surface area contributed by atoms with Gasteiger partial charge in [-0.05, 0) is 30.9 Å². The molecule has 20 heavy (non-hydrogen) atoms. The molecule has 1 amide bonds. The van der Waals surface area contributed by atoms with E-state index in [0.29, 0.717) is 12.5 Å². The minimum Gasteiger partial charge on any atom is -0.371 e. The molecular weight excluding hydrogens is 260 g/mol. The number of rotatable bonds is 6. The lowest BCUT2D eigenvalue weighted by Crippen LogP contribution is -2.31. The molecule has 0 aromatic heterocycles. The maximum absolute atomic E-state index is 11.6. The van der Waals surface area contributed by atoms with Crippen molar-refractivity contribution in [3.8, 4) is 6.07 Å². The van der Waals surface area contributed by atoms with Crippen LogP contribution in [0.15, 0.2) is 18.2 Å². The number of anilines is 1. The highest BCUT2D eigenvalue weighted by Crippen LogP contribution is 2.27. The molecule has 0 heterocycles. The van der Waals surface area contributed by atoms with Crippen LogP contribution in [0.4, 0.5) is 11.4 Å². The Morgan fingerprint density at radius 1 is 1.50 bits per heavy atom. The van der Waals surface area contributed by atoms with Crippen LogP contribution in [0.1, 0.15) is 18.4 Å². The van der Waals surface area contributed by atoms with E-state index < -0.39 is 4.92 Å². The predicted molar refractivity (Wildman–Crippen MR) is 72.0 cm³/mol. The molecule has 1 saturated carbocycles. The lowest BCUT2D eigenvalue weighted by Gasteiger charge is -2.08. The number of nitrogens with zero attached hydrogens (tertiary/aromatic N) is 2. The molecule has 1 aromatic carbocycles. The Morgan fingerprint density at radius 3 is 2.85 bits per heavy atom. The Balaban J connectivity index is 1.95. The van der Waals surface area contributed by atoms with Crippen LogP contribution in [-0.4, -0.2) is 23.9 Å². The maximum atomic E-state index is 11.6. The lowest BCUT2D eigenvalue weighted by atomic mass is 10.2. The van der Waals surface area contributed by atoms with Crippen LogP contribution < -0.4 is 10.6 Å². The molecule has 2 rings (SSSR count). The largest absolute Gasteiger partial charge is 0.371 e. The van der Waals surface area contributed by atoms with Gasteiger partial charge in [-0.2, -0.15) is 5.26 Å². The monoisotopic (exact) mass is 274 g/mol. The first-order valence-electron chi connectivity index (χ1n) is 6.29. The van der Waals surface area contributed by atoms with E-state index in [1.165, 1.54) is 18.2 Å². The second kappa shape index (κ2) is 6.02. The van der Waals surface area contributed by atoms with Crippen molar-refractivity contribution in [1.82, 2.24) is 5.32 Å². The zero-order chi connectivity index (χ0) is 14.5. The molecule has 7 heteroatoms. The third-order valence-corrected chi connectivity index (χ3v) is 3.05. The molecule has 0 unspecified atom stereocenters. The first-order chi connectivity index (χ1) is 9.60. The summed E-state index contributed by atoms with van der Waals surface area (Å²) in [5.41, 5.74) is 0.232. The Hall–Kier alpha value is -2.62. The summed E-state index contributed by atoms with van der Waals surface area (Å²) in [5, 5.41) is 25.1. The summed E-state index contributed by atoms with van der Waals surface area (Å²) < 4.78 is 0. The van der Waals surface area contributed by atoms with E-state index in [2.05, 4.69) is 10.6 Å². The second-order valence-electron chi connectivity index (χ2n) is 4.70. The minimum absolute atomic E-state index is 0.0283. The van der Waals surface area contributed by atoms with Crippen LogP contribution in [0, 0.1) is 27.4 Å². The van der Waals surface area contributed by atoms with E-state index in [1.54, 1.807) is 0 Å². The number of nitriles is 1. The van der Waals surface area contributed by atoms with Crippen LogP contribution in [0.5, 0.6) is 0 Å². The van der Waals surface area contributed by atoms with Crippen molar-refractivity contribution in [1.29, 1.82) is 5.26 Å². The molecule has 104 valence electrons. The number of hydrogen-bond acceptors (Lipinski definition) is 5. The molecule has 7 nitrogen and oxygen atoms in total. The molecule has 1 aliphatic carbocycles. The smallest absolute Gasteiger partial charge is 0.293 e. The van der Waals surface area contributed by atoms with Gasteiger partial charge in [0.25, 0.3) is 5.69 Å².